The predicted octanol–water partition coefficient (Wildman–Crippen LogP) is 3.44. The number of nitrogens with one attached hydrogen (secondary N) is 1. The van der Waals surface area contributed by atoms with Crippen molar-refractivity contribution in [1.29, 1.82) is 0 Å². The molecule has 0 amide bonds. The van der Waals surface area contributed by atoms with Gasteiger partial charge >= 0.3 is 0 Å². The zero-order chi connectivity index (χ0) is 11.1. The Kier molecular flexibility index (Phi) is 5.73. The number of benzene rings is 1. The molecule has 1 aromatic rings. The van der Waals surface area contributed by atoms with Crippen molar-refractivity contribution in [3.8, 4) is 0 Å². The molecular weight excluding hydrogens is 209 g/mol. The third-order valence-electron chi connectivity index (χ3n) is 2.09. The van der Waals surface area contributed by atoms with Crippen LogP contribution in [0, 0.1) is 5.82 Å². The van der Waals surface area contributed by atoms with Crippen molar-refractivity contribution in [3.05, 3.63) is 29.6 Å². The van der Waals surface area contributed by atoms with E-state index in [1.165, 1.54) is 6.07 Å². The topological polar surface area (TPSA) is 12.0 Å². The molecule has 0 atom stereocenters. The first-order chi connectivity index (χ1) is 7.29. The van der Waals surface area contributed by atoms with Gasteiger partial charge in [-0.3, -0.25) is 0 Å². The summed E-state index contributed by atoms with van der Waals surface area (Å²) in [7, 11) is 0. The standard InChI is InChI=1S/C12H18FNS/c1-3-8-15-12-7-5-6-11(13)10(12)9-14-4-2/h5-7,14H,3-4,8-9H2,1-2H3. The average Bonchev–Trinajstić information content (AvgIpc) is 2.25. The summed E-state index contributed by atoms with van der Waals surface area (Å²) in [5.74, 6) is 0.944. The molecule has 0 saturated heterocycles. The smallest absolute Gasteiger partial charge is 0.128 e. The first-order valence-corrected chi connectivity index (χ1v) is 6.39. The molecule has 0 radical (unpaired) electrons. The predicted molar refractivity (Wildman–Crippen MR) is 64.8 cm³/mol. The summed E-state index contributed by atoms with van der Waals surface area (Å²) in [5, 5.41) is 3.17. The molecule has 0 aromatic heterocycles. The number of thioether (sulfide) groups is 1. The summed E-state index contributed by atoms with van der Waals surface area (Å²) in [6, 6.07) is 5.31. The molecule has 0 aliphatic carbocycles. The van der Waals surface area contributed by atoms with Crippen molar-refractivity contribution >= 4 is 11.8 Å². The zero-order valence-electron chi connectivity index (χ0n) is 9.35. The summed E-state index contributed by atoms with van der Waals surface area (Å²) < 4.78 is 13.5. The number of halogens is 1. The van der Waals surface area contributed by atoms with E-state index in [2.05, 4.69) is 12.2 Å². The Bertz CT molecular complexity index is 302. The molecule has 0 aliphatic rings. The molecule has 0 bridgehead atoms. The molecule has 15 heavy (non-hydrogen) atoms. The van der Waals surface area contributed by atoms with Crippen molar-refractivity contribution in [1.82, 2.24) is 5.32 Å². The van der Waals surface area contributed by atoms with Gasteiger partial charge in [0.05, 0.1) is 0 Å². The highest BCUT2D eigenvalue weighted by atomic mass is 32.2. The van der Waals surface area contributed by atoms with Gasteiger partial charge in [0, 0.05) is 17.0 Å². The highest BCUT2D eigenvalue weighted by Crippen LogP contribution is 2.25. The van der Waals surface area contributed by atoms with Crippen LogP contribution in [0.5, 0.6) is 0 Å². The number of hydrogen-bond donors (Lipinski definition) is 1. The molecular formula is C12H18FNS. The second-order valence-electron chi connectivity index (χ2n) is 3.35. The molecule has 0 aliphatic heterocycles. The quantitative estimate of drug-likeness (QED) is 0.747. The summed E-state index contributed by atoms with van der Waals surface area (Å²) >= 11 is 1.73. The van der Waals surface area contributed by atoms with E-state index in [1.54, 1.807) is 17.8 Å². The van der Waals surface area contributed by atoms with E-state index in [0.29, 0.717) is 6.54 Å². The van der Waals surface area contributed by atoms with Crippen LogP contribution in [0.4, 0.5) is 4.39 Å². The van der Waals surface area contributed by atoms with Crippen LogP contribution in [-0.4, -0.2) is 12.3 Å². The SMILES string of the molecule is CCCSc1cccc(F)c1CNCC. The summed E-state index contributed by atoms with van der Waals surface area (Å²) in [5.41, 5.74) is 0.804. The fourth-order valence-electron chi connectivity index (χ4n) is 1.31. The third-order valence-corrected chi connectivity index (χ3v) is 3.40. The molecule has 1 N–H and O–H groups in total. The van der Waals surface area contributed by atoms with Crippen molar-refractivity contribution < 1.29 is 4.39 Å². The number of hydrogen-bond acceptors (Lipinski definition) is 2. The van der Waals surface area contributed by atoms with E-state index in [4.69, 9.17) is 0 Å². The van der Waals surface area contributed by atoms with Crippen LogP contribution in [0.25, 0.3) is 0 Å². The lowest BCUT2D eigenvalue weighted by atomic mass is 10.2. The number of rotatable bonds is 6. The Morgan fingerprint density at radius 3 is 2.80 bits per heavy atom. The lowest BCUT2D eigenvalue weighted by Crippen LogP contribution is -2.13. The fraction of sp³-hybridized carbons (Fsp3) is 0.500. The highest BCUT2D eigenvalue weighted by molar-refractivity contribution is 7.99. The van der Waals surface area contributed by atoms with Gasteiger partial charge in [0.2, 0.25) is 0 Å². The van der Waals surface area contributed by atoms with Gasteiger partial charge in [-0.15, -0.1) is 11.8 Å². The van der Waals surface area contributed by atoms with Gasteiger partial charge in [0.15, 0.2) is 0 Å². The minimum atomic E-state index is -0.1000. The molecule has 1 rings (SSSR count). The molecule has 84 valence electrons. The summed E-state index contributed by atoms with van der Waals surface area (Å²) in [4.78, 5) is 1.07. The van der Waals surface area contributed by atoms with Crippen LogP contribution < -0.4 is 5.32 Å². The lowest BCUT2D eigenvalue weighted by molar-refractivity contribution is 0.585. The van der Waals surface area contributed by atoms with Gasteiger partial charge in [-0.05, 0) is 30.9 Å². The fourth-order valence-corrected chi connectivity index (χ4v) is 2.25. The van der Waals surface area contributed by atoms with Crippen LogP contribution >= 0.6 is 11.8 Å². The van der Waals surface area contributed by atoms with Crippen molar-refractivity contribution in [3.63, 3.8) is 0 Å². The van der Waals surface area contributed by atoms with Crippen LogP contribution in [-0.2, 0) is 6.54 Å². The van der Waals surface area contributed by atoms with Crippen LogP contribution in [0.15, 0.2) is 23.1 Å². The van der Waals surface area contributed by atoms with E-state index in [0.717, 1.165) is 29.2 Å². The first kappa shape index (κ1) is 12.5. The minimum absolute atomic E-state index is 0.1000. The molecule has 0 saturated carbocycles. The van der Waals surface area contributed by atoms with Gasteiger partial charge in [0.25, 0.3) is 0 Å². The lowest BCUT2D eigenvalue weighted by Gasteiger charge is -2.10. The molecule has 0 fully saturated rings. The van der Waals surface area contributed by atoms with Crippen molar-refractivity contribution in [2.24, 2.45) is 0 Å². The maximum Gasteiger partial charge on any atom is 0.128 e. The largest absolute Gasteiger partial charge is 0.313 e. The van der Waals surface area contributed by atoms with Gasteiger partial charge in [-0.1, -0.05) is 19.9 Å². The van der Waals surface area contributed by atoms with Crippen LogP contribution in [0.3, 0.4) is 0 Å². The summed E-state index contributed by atoms with van der Waals surface area (Å²) in [6.45, 7) is 5.65. The Morgan fingerprint density at radius 1 is 1.33 bits per heavy atom. The molecule has 1 aromatic carbocycles. The van der Waals surface area contributed by atoms with Gasteiger partial charge < -0.3 is 5.32 Å². The molecule has 0 spiro atoms. The second kappa shape index (κ2) is 6.85. The van der Waals surface area contributed by atoms with E-state index in [9.17, 15) is 4.39 Å². The van der Waals surface area contributed by atoms with Crippen molar-refractivity contribution in [2.45, 2.75) is 31.7 Å². The van der Waals surface area contributed by atoms with Crippen LogP contribution in [0.1, 0.15) is 25.8 Å². The third kappa shape index (κ3) is 3.84. The monoisotopic (exact) mass is 227 g/mol. The molecule has 1 nitrogen and oxygen atoms in total. The first-order valence-electron chi connectivity index (χ1n) is 5.40. The van der Waals surface area contributed by atoms with E-state index in [1.807, 2.05) is 13.0 Å². The van der Waals surface area contributed by atoms with E-state index < -0.39 is 0 Å². The second-order valence-corrected chi connectivity index (χ2v) is 4.48. The van der Waals surface area contributed by atoms with Gasteiger partial charge in [0.1, 0.15) is 5.82 Å². The van der Waals surface area contributed by atoms with Crippen LogP contribution in [0.2, 0.25) is 0 Å². The summed E-state index contributed by atoms with van der Waals surface area (Å²) in [6.07, 6.45) is 1.11. The minimum Gasteiger partial charge on any atom is -0.313 e. The Morgan fingerprint density at radius 2 is 2.13 bits per heavy atom. The Balaban J connectivity index is 2.77. The van der Waals surface area contributed by atoms with E-state index >= 15 is 0 Å². The molecule has 3 heteroatoms. The molecule has 0 unspecified atom stereocenters. The highest BCUT2D eigenvalue weighted by Gasteiger charge is 2.07. The normalized spacial score (nSPS) is 10.6. The Labute approximate surface area is 95.5 Å². The Hall–Kier alpha value is -0.540. The van der Waals surface area contributed by atoms with Gasteiger partial charge in [-0.2, -0.15) is 0 Å². The average molecular weight is 227 g/mol. The van der Waals surface area contributed by atoms with Gasteiger partial charge in [-0.25, -0.2) is 4.39 Å². The van der Waals surface area contributed by atoms with Crippen molar-refractivity contribution in [2.75, 3.05) is 12.3 Å². The maximum atomic E-state index is 13.5. The maximum absolute atomic E-state index is 13.5. The van der Waals surface area contributed by atoms with E-state index in [-0.39, 0.29) is 5.82 Å². The molecule has 0 heterocycles. The zero-order valence-corrected chi connectivity index (χ0v) is 10.2.